The molecule has 2 rings (SSSR count). The molecule has 0 unspecified atom stereocenters. The van der Waals surface area contributed by atoms with Crippen LogP contribution in [0.1, 0.15) is 26.5 Å². The van der Waals surface area contributed by atoms with E-state index in [-0.39, 0.29) is 0 Å². The Morgan fingerprint density at radius 3 is 2.55 bits per heavy atom. The van der Waals surface area contributed by atoms with E-state index in [0.29, 0.717) is 6.04 Å². The molecule has 0 atom stereocenters. The van der Waals surface area contributed by atoms with E-state index in [1.807, 2.05) is 36.4 Å². The van der Waals surface area contributed by atoms with Gasteiger partial charge in [-0.15, -0.1) is 0 Å². The summed E-state index contributed by atoms with van der Waals surface area (Å²) in [5.41, 5.74) is 2.28. The number of halogens is 1. The van der Waals surface area contributed by atoms with E-state index in [0.717, 1.165) is 28.7 Å². The second kappa shape index (κ2) is 6.78. The van der Waals surface area contributed by atoms with E-state index in [4.69, 9.17) is 16.0 Å². The maximum absolute atomic E-state index is 5.89. The zero-order valence-corrected chi connectivity index (χ0v) is 12.9. The molecular formula is C17H20ClNO. The minimum Gasteiger partial charge on any atom is -0.457 e. The number of nitrogens with one attached hydrogen (secondary N) is 1. The average Bonchev–Trinajstić information content (AvgIpc) is 2.85. The van der Waals surface area contributed by atoms with E-state index in [1.54, 1.807) is 0 Å². The highest BCUT2D eigenvalue weighted by Gasteiger charge is 2.03. The zero-order chi connectivity index (χ0) is 14.5. The van der Waals surface area contributed by atoms with Gasteiger partial charge in [-0.25, -0.2) is 0 Å². The molecule has 106 valence electrons. The molecule has 0 saturated carbocycles. The van der Waals surface area contributed by atoms with Crippen LogP contribution in [-0.2, 0) is 0 Å². The summed E-state index contributed by atoms with van der Waals surface area (Å²) in [6.07, 6.45) is 2.06. The quantitative estimate of drug-likeness (QED) is 0.838. The molecule has 1 N–H and O–H groups in total. The summed E-state index contributed by atoms with van der Waals surface area (Å²) in [6.45, 7) is 7.24. The predicted octanol–water partition coefficient (Wildman–Crippen LogP) is 5.00. The molecule has 1 aromatic carbocycles. The summed E-state index contributed by atoms with van der Waals surface area (Å²) >= 11 is 5.89. The van der Waals surface area contributed by atoms with E-state index in [9.17, 15) is 0 Å². The minimum absolute atomic E-state index is 0.486. The van der Waals surface area contributed by atoms with Crippen LogP contribution in [0.5, 0.6) is 0 Å². The van der Waals surface area contributed by atoms with Gasteiger partial charge in [0.05, 0.1) is 0 Å². The molecule has 0 aliphatic rings. The van der Waals surface area contributed by atoms with Crippen LogP contribution < -0.4 is 5.32 Å². The topological polar surface area (TPSA) is 25.2 Å². The molecular weight excluding hydrogens is 270 g/mol. The largest absolute Gasteiger partial charge is 0.457 e. The Bertz CT molecular complexity index is 581. The fourth-order valence-electron chi connectivity index (χ4n) is 1.86. The molecule has 0 spiro atoms. The van der Waals surface area contributed by atoms with Crippen molar-refractivity contribution in [3.63, 3.8) is 0 Å². The van der Waals surface area contributed by atoms with Crippen molar-refractivity contribution in [1.82, 2.24) is 5.32 Å². The fourth-order valence-corrected chi connectivity index (χ4v) is 1.98. The molecule has 0 bridgehead atoms. The molecule has 0 aliphatic heterocycles. The third kappa shape index (κ3) is 4.26. The molecule has 0 aliphatic carbocycles. The Balaban J connectivity index is 2.09. The second-order valence-corrected chi connectivity index (χ2v) is 5.67. The van der Waals surface area contributed by atoms with Crippen LogP contribution in [0, 0.1) is 0 Å². The lowest BCUT2D eigenvalue weighted by atomic mass is 10.2. The molecule has 0 saturated heterocycles. The molecule has 1 aromatic heterocycles. The fraction of sp³-hybridized carbons (Fsp3) is 0.294. The van der Waals surface area contributed by atoms with Gasteiger partial charge in [0.1, 0.15) is 11.5 Å². The van der Waals surface area contributed by atoms with Crippen LogP contribution >= 0.6 is 11.6 Å². The smallest absolute Gasteiger partial charge is 0.134 e. The van der Waals surface area contributed by atoms with E-state index in [2.05, 4.69) is 32.2 Å². The van der Waals surface area contributed by atoms with Crippen LogP contribution in [0.15, 0.2) is 46.4 Å². The van der Waals surface area contributed by atoms with Crippen molar-refractivity contribution in [1.29, 1.82) is 0 Å². The zero-order valence-electron chi connectivity index (χ0n) is 12.1. The third-order valence-corrected chi connectivity index (χ3v) is 3.19. The summed E-state index contributed by atoms with van der Waals surface area (Å²) in [5.74, 6) is 1.73. The number of benzene rings is 1. The SMILES string of the molecule is CC(=Cc1ccc(-c2ccc(Cl)cc2)o1)CNC(C)C. The Kier molecular flexibility index (Phi) is 5.05. The first-order valence-corrected chi connectivity index (χ1v) is 7.19. The molecule has 20 heavy (non-hydrogen) atoms. The predicted molar refractivity (Wildman–Crippen MR) is 85.9 cm³/mol. The Morgan fingerprint density at radius 2 is 1.90 bits per heavy atom. The highest BCUT2D eigenvalue weighted by molar-refractivity contribution is 6.30. The first-order chi connectivity index (χ1) is 9.54. The number of hydrogen-bond donors (Lipinski definition) is 1. The lowest BCUT2D eigenvalue weighted by Gasteiger charge is -2.07. The Morgan fingerprint density at radius 1 is 1.20 bits per heavy atom. The van der Waals surface area contributed by atoms with E-state index in [1.165, 1.54) is 5.57 Å². The van der Waals surface area contributed by atoms with Crippen molar-refractivity contribution >= 4 is 17.7 Å². The van der Waals surface area contributed by atoms with Crippen molar-refractivity contribution in [2.45, 2.75) is 26.8 Å². The van der Waals surface area contributed by atoms with Gasteiger partial charge in [-0.2, -0.15) is 0 Å². The Labute approximate surface area is 125 Å². The van der Waals surface area contributed by atoms with Crippen molar-refractivity contribution in [3.8, 4) is 11.3 Å². The standard InChI is InChI=1S/C17H20ClNO/c1-12(2)19-11-13(3)10-16-8-9-17(20-16)14-4-6-15(18)7-5-14/h4-10,12,19H,11H2,1-3H3. The maximum atomic E-state index is 5.89. The molecule has 2 aromatic rings. The lowest BCUT2D eigenvalue weighted by molar-refractivity contribution is 0.570. The first kappa shape index (κ1) is 14.9. The average molecular weight is 290 g/mol. The summed E-state index contributed by atoms with van der Waals surface area (Å²) in [5, 5.41) is 4.12. The van der Waals surface area contributed by atoms with Crippen molar-refractivity contribution in [3.05, 3.63) is 52.8 Å². The summed E-state index contributed by atoms with van der Waals surface area (Å²) in [6, 6.07) is 12.1. The van der Waals surface area contributed by atoms with Gasteiger partial charge in [-0.3, -0.25) is 0 Å². The molecule has 1 heterocycles. The van der Waals surface area contributed by atoms with Crippen molar-refractivity contribution in [2.24, 2.45) is 0 Å². The van der Waals surface area contributed by atoms with Crippen LogP contribution in [0.4, 0.5) is 0 Å². The van der Waals surface area contributed by atoms with Gasteiger partial charge in [0.15, 0.2) is 0 Å². The number of furan rings is 1. The lowest BCUT2D eigenvalue weighted by Crippen LogP contribution is -2.24. The Hall–Kier alpha value is -1.51. The highest BCUT2D eigenvalue weighted by atomic mass is 35.5. The van der Waals surface area contributed by atoms with Gasteiger partial charge >= 0.3 is 0 Å². The monoisotopic (exact) mass is 289 g/mol. The van der Waals surface area contributed by atoms with Gasteiger partial charge in [0, 0.05) is 23.2 Å². The molecule has 2 nitrogen and oxygen atoms in total. The van der Waals surface area contributed by atoms with Gasteiger partial charge in [0.2, 0.25) is 0 Å². The van der Waals surface area contributed by atoms with Gasteiger partial charge in [-0.05, 0) is 49.4 Å². The maximum Gasteiger partial charge on any atom is 0.134 e. The van der Waals surface area contributed by atoms with Gasteiger partial charge < -0.3 is 9.73 Å². The van der Waals surface area contributed by atoms with Crippen molar-refractivity contribution < 1.29 is 4.42 Å². The van der Waals surface area contributed by atoms with Gasteiger partial charge in [0.25, 0.3) is 0 Å². The number of rotatable bonds is 5. The third-order valence-electron chi connectivity index (χ3n) is 2.93. The van der Waals surface area contributed by atoms with Crippen LogP contribution in [-0.4, -0.2) is 12.6 Å². The van der Waals surface area contributed by atoms with E-state index >= 15 is 0 Å². The van der Waals surface area contributed by atoms with Gasteiger partial charge in [-0.1, -0.05) is 31.0 Å². The second-order valence-electron chi connectivity index (χ2n) is 5.24. The number of hydrogen-bond acceptors (Lipinski definition) is 2. The van der Waals surface area contributed by atoms with Crippen LogP contribution in [0.2, 0.25) is 5.02 Å². The van der Waals surface area contributed by atoms with E-state index < -0.39 is 0 Å². The molecule has 3 heteroatoms. The summed E-state index contributed by atoms with van der Waals surface area (Å²) in [7, 11) is 0. The highest BCUT2D eigenvalue weighted by Crippen LogP contribution is 2.24. The molecule has 0 amide bonds. The van der Waals surface area contributed by atoms with Crippen molar-refractivity contribution in [2.75, 3.05) is 6.54 Å². The minimum atomic E-state index is 0.486. The summed E-state index contributed by atoms with van der Waals surface area (Å²) < 4.78 is 5.84. The van der Waals surface area contributed by atoms with Crippen LogP contribution in [0.3, 0.4) is 0 Å². The molecule has 0 fully saturated rings. The summed E-state index contributed by atoms with van der Waals surface area (Å²) in [4.78, 5) is 0. The van der Waals surface area contributed by atoms with Crippen LogP contribution in [0.25, 0.3) is 17.4 Å². The normalized spacial score (nSPS) is 12.2. The first-order valence-electron chi connectivity index (χ1n) is 6.81. The molecule has 0 radical (unpaired) electrons.